The number of anilines is 3. The van der Waals surface area contributed by atoms with Gasteiger partial charge in [0.1, 0.15) is 16.5 Å². The molecule has 0 atom stereocenters. The number of para-hydroxylation sites is 1. The van der Waals surface area contributed by atoms with Crippen molar-refractivity contribution < 1.29 is 28.7 Å². The first-order valence-electron chi connectivity index (χ1n) is 10.6. The number of carbonyl (C=O) groups is 4. The summed E-state index contributed by atoms with van der Waals surface area (Å²) in [6.07, 6.45) is 0. The highest BCUT2D eigenvalue weighted by molar-refractivity contribution is 6.53. The Morgan fingerprint density at radius 1 is 0.889 bits per heavy atom. The van der Waals surface area contributed by atoms with E-state index >= 15 is 0 Å². The van der Waals surface area contributed by atoms with Crippen molar-refractivity contribution in [2.75, 3.05) is 29.8 Å². The molecule has 1 aliphatic rings. The fraction of sp³-hybridized carbons (Fsp3) is 0.0769. The van der Waals surface area contributed by atoms with Crippen molar-refractivity contribution in [3.8, 4) is 5.75 Å². The highest BCUT2D eigenvalue weighted by atomic mass is 35.5. The second kappa shape index (κ2) is 10.3. The minimum Gasteiger partial charge on any atom is -0.497 e. The monoisotopic (exact) mass is 505 g/mol. The van der Waals surface area contributed by atoms with Gasteiger partial charge in [0.05, 0.1) is 31.2 Å². The van der Waals surface area contributed by atoms with Crippen LogP contribution < -0.4 is 20.3 Å². The van der Waals surface area contributed by atoms with Crippen LogP contribution in [0.3, 0.4) is 0 Å². The van der Waals surface area contributed by atoms with E-state index in [0.29, 0.717) is 17.1 Å². The van der Waals surface area contributed by atoms with E-state index in [9.17, 15) is 19.2 Å². The lowest BCUT2D eigenvalue weighted by molar-refractivity contribution is -0.120. The number of hydrogen-bond acceptors (Lipinski definition) is 7. The van der Waals surface area contributed by atoms with E-state index in [1.54, 1.807) is 60.7 Å². The molecule has 0 aromatic heterocycles. The number of methoxy groups -OCH3 is 2. The Labute approximate surface area is 211 Å². The van der Waals surface area contributed by atoms with E-state index in [1.807, 2.05) is 0 Å². The molecule has 3 amide bonds. The molecule has 0 spiro atoms. The van der Waals surface area contributed by atoms with Gasteiger partial charge < -0.3 is 20.1 Å². The number of benzene rings is 3. The maximum atomic E-state index is 13.0. The van der Waals surface area contributed by atoms with E-state index < -0.39 is 23.7 Å². The van der Waals surface area contributed by atoms with Crippen LogP contribution in [0.1, 0.15) is 20.7 Å². The smallest absolute Gasteiger partial charge is 0.339 e. The largest absolute Gasteiger partial charge is 0.497 e. The van der Waals surface area contributed by atoms with Gasteiger partial charge in [0.2, 0.25) is 0 Å². The maximum absolute atomic E-state index is 13.0. The first kappa shape index (κ1) is 24.5. The Morgan fingerprint density at radius 2 is 1.61 bits per heavy atom. The number of hydrogen-bond donors (Lipinski definition) is 2. The quantitative estimate of drug-likeness (QED) is 0.366. The van der Waals surface area contributed by atoms with E-state index in [-0.39, 0.29) is 27.5 Å². The zero-order valence-corrected chi connectivity index (χ0v) is 20.0. The molecule has 1 aliphatic heterocycles. The van der Waals surface area contributed by atoms with Crippen LogP contribution in [0.4, 0.5) is 17.1 Å². The van der Waals surface area contributed by atoms with Gasteiger partial charge >= 0.3 is 5.97 Å². The zero-order valence-electron chi connectivity index (χ0n) is 19.2. The number of amides is 3. The maximum Gasteiger partial charge on any atom is 0.339 e. The van der Waals surface area contributed by atoms with Crippen LogP contribution in [-0.4, -0.2) is 37.9 Å². The van der Waals surface area contributed by atoms with Crippen LogP contribution in [0.25, 0.3) is 0 Å². The summed E-state index contributed by atoms with van der Waals surface area (Å²) in [5.74, 6) is -1.84. The van der Waals surface area contributed by atoms with Crippen LogP contribution in [0.15, 0.2) is 83.5 Å². The van der Waals surface area contributed by atoms with Crippen molar-refractivity contribution in [1.82, 2.24) is 0 Å². The molecule has 0 saturated heterocycles. The molecule has 1 heterocycles. The molecule has 0 saturated carbocycles. The molecule has 4 rings (SSSR count). The van der Waals surface area contributed by atoms with E-state index in [1.165, 1.54) is 26.4 Å². The third-order valence-electron chi connectivity index (χ3n) is 5.33. The van der Waals surface area contributed by atoms with Crippen LogP contribution in [0.2, 0.25) is 0 Å². The molecule has 36 heavy (non-hydrogen) atoms. The van der Waals surface area contributed by atoms with Crippen molar-refractivity contribution in [3.63, 3.8) is 0 Å². The average molecular weight is 506 g/mol. The zero-order chi connectivity index (χ0) is 25.8. The molecule has 10 heteroatoms. The summed E-state index contributed by atoms with van der Waals surface area (Å²) in [7, 11) is 2.76. The van der Waals surface area contributed by atoms with Crippen molar-refractivity contribution in [2.24, 2.45) is 0 Å². The minimum atomic E-state index is -0.678. The number of carbonyl (C=O) groups excluding carboxylic acids is 4. The fourth-order valence-corrected chi connectivity index (χ4v) is 3.75. The third-order valence-corrected chi connectivity index (χ3v) is 5.68. The number of esters is 1. The Balaban J connectivity index is 1.53. The summed E-state index contributed by atoms with van der Waals surface area (Å²) < 4.78 is 9.86. The molecule has 3 aromatic rings. The van der Waals surface area contributed by atoms with Gasteiger partial charge in [-0.3, -0.25) is 14.4 Å². The van der Waals surface area contributed by atoms with Gasteiger partial charge in [0.15, 0.2) is 0 Å². The van der Waals surface area contributed by atoms with Gasteiger partial charge in [0, 0.05) is 11.3 Å². The van der Waals surface area contributed by atoms with Crippen molar-refractivity contribution in [2.45, 2.75) is 0 Å². The van der Waals surface area contributed by atoms with Crippen LogP contribution in [0.5, 0.6) is 5.75 Å². The Kier molecular flexibility index (Phi) is 7.03. The number of ether oxygens (including phenoxy) is 2. The highest BCUT2D eigenvalue weighted by Gasteiger charge is 2.39. The molecule has 0 aliphatic carbocycles. The van der Waals surface area contributed by atoms with Gasteiger partial charge in [-0.15, -0.1) is 0 Å². The predicted octanol–water partition coefficient (Wildman–Crippen LogP) is 4.17. The van der Waals surface area contributed by atoms with Gasteiger partial charge in [-0.1, -0.05) is 29.8 Å². The van der Waals surface area contributed by atoms with Crippen molar-refractivity contribution in [1.29, 1.82) is 0 Å². The molecule has 0 bridgehead atoms. The summed E-state index contributed by atoms with van der Waals surface area (Å²) in [6.45, 7) is 0. The standard InChI is InChI=1S/C26H20ClN3O6/c1-35-18-12-10-17(11-13-18)30-24(32)21(27)22(25(30)33)28-16-7-5-6-15(14-16)23(31)29-20-9-4-3-8-19(20)26(34)36-2/h3-14,28H,1-2H3,(H,29,31). The molecule has 182 valence electrons. The molecule has 0 radical (unpaired) electrons. The first-order valence-corrected chi connectivity index (χ1v) is 11.0. The molecule has 9 nitrogen and oxygen atoms in total. The van der Waals surface area contributed by atoms with E-state index in [0.717, 1.165) is 4.90 Å². The Bertz CT molecular complexity index is 1400. The number of nitrogens with one attached hydrogen (secondary N) is 2. The molecular weight excluding hydrogens is 486 g/mol. The van der Waals surface area contributed by atoms with E-state index in [2.05, 4.69) is 10.6 Å². The number of halogens is 1. The second-order valence-electron chi connectivity index (χ2n) is 7.53. The molecule has 2 N–H and O–H groups in total. The lowest BCUT2D eigenvalue weighted by Gasteiger charge is -2.15. The normalized spacial score (nSPS) is 13.0. The first-order chi connectivity index (χ1) is 17.3. The SMILES string of the molecule is COC(=O)c1ccccc1NC(=O)c1cccc(NC2=C(Cl)C(=O)N(c3ccc(OC)cc3)C2=O)c1. The summed E-state index contributed by atoms with van der Waals surface area (Å²) in [5, 5.41) is 5.25. The van der Waals surface area contributed by atoms with Crippen molar-refractivity contribution in [3.05, 3.63) is 94.7 Å². The van der Waals surface area contributed by atoms with Crippen LogP contribution >= 0.6 is 11.6 Å². The molecular formula is C26H20ClN3O6. The number of nitrogens with zero attached hydrogens (tertiary/aromatic N) is 1. The van der Waals surface area contributed by atoms with E-state index in [4.69, 9.17) is 21.1 Å². The second-order valence-corrected chi connectivity index (χ2v) is 7.91. The van der Waals surface area contributed by atoms with Gasteiger partial charge in [-0.25, -0.2) is 9.69 Å². The summed E-state index contributed by atoms with van der Waals surface area (Å²) >= 11 is 6.20. The highest BCUT2D eigenvalue weighted by Crippen LogP contribution is 2.31. The summed E-state index contributed by atoms with van der Waals surface area (Å²) in [6, 6.07) is 19.1. The molecule has 0 unspecified atom stereocenters. The van der Waals surface area contributed by atoms with Crippen LogP contribution in [-0.2, 0) is 14.3 Å². The summed E-state index contributed by atoms with van der Waals surface area (Å²) in [5.41, 5.74) is 1.29. The molecule has 3 aromatic carbocycles. The topological polar surface area (TPSA) is 114 Å². The summed E-state index contributed by atoms with van der Waals surface area (Å²) in [4.78, 5) is 51.5. The third kappa shape index (κ3) is 4.77. The number of imide groups is 1. The Morgan fingerprint density at radius 3 is 2.31 bits per heavy atom. The van der Waals surface area contributed by atoms with Crippen LogP contribution in [0, 0.1) is 0 Å². The average Bonchev–Trinajstić information content (AvgIpc) is 3.11. The lowest BCUT2D eigenvalue weighted by atomic mass is 10.1. The molecule has 0 fully saturated rings. The van der Waals surface area contributed by atoms with Gasteiger partial charge in [-0.2, -0.15) is 0 Å². The Hall–Kier alpha value is -4.63. The van der Waals surface area contributed by atoms with Crippen molar-refractivity contribution >= 4 is 52.4 Å². The lowest BCUT2D eigenvalue weighted by Crippen LogP contribution is -2.32. The number of rotatable bonds is 7. The van der Waals surface area contributed by atoms with Gasteiger partial charge in [0.25, 0.3) is 17.7 Å². The van der Waals surface area contributed by atoms with Gasteiger partial charge in [-0.05, 0) is 54.6 Å². The minimum absolute atomic E-state index is 0.119. The fourth-order valence-electron chi connectivity index (χ4n) is 3.53. The predicted molar refractivity (Wildman–Crippen MR) is 134 cm³/mol.